The number of para-hydroxylation sites is 1. The molecule has 9 aromatic carbocycles. The number of nitrogens with zero attached hydrogens (tertiary/aromatic N) is 3. The van der Waals surface area contributed by atoms with Gasteiger partial charge in [0.1, 0.15) is 16.8 Å². The number of hydrogen-bond donors (Lipinski definition) is 0. The molecule has 4 heteroatoms. The van der Waals surface area contributed by atoms with Gasteiger partial charge in [-0.05, 0) is 104 Å². The Labute approximate surface area is 409 Å². The Balaban J connectivity index is 1.23. The smallest absolute Gasteiger partial charge is 0.180 e. The number of furan rings is 1. The first-order valence-electron chi connectivity index (χ1n) is 24.3. The molecule has 3 aromatic heterocycles. The minimum Gasteiger partial charge on any atom is -0.452 e. The number of benzene rings is 9. The van der Waals surface area contributed by atoms with Crippen LogP contribution < -0.4 is 0 Å². The molecule has 0 aliphatic heterocycles. The van der Waals surface area contributed by atoms with Crippen molar-refractivity contribution in [3.05, 3.63) is 223 Å². The largest absolute Gasteiger partial charge is 0.452 e. The number of rotatable bonds is 7. The molecule has 4 nitrogen and oxygen atoms in total. The highest BCUT2D eigenvalue weighted by atomic mass is 16.3. The lowest BCUT2D eigenvalue weighted by atomic mass is 9.84. The van der Waals surface area contributed by atoms with Gasteiger partial charge in [0, 0.05) is 38.4 Å². The fraction of sp³-hybridized carbons (Fsp3) is 0.121. The Morgan fingerprint density at radius 3 is 1.30 bits per heavy atom. The van der Waals surface area contributed by atoms with Gasteiger partial charge in [0.05, 0.1) is 16.7 Å². The van der Waals surface area contributed by atoms with Crippen molar-refractivity contribution in [3.63, 3.8) is 0 Å². The molecule has 0 bridgehead atoms. The van der Waals surface area contributed by atoms with Crippen LogP contribution in [0, 0.1) is 0 Å². The van der Waals surface area contributed by atoms with E-state index in [0.29, 0.717) is 11.4 Å². The summed E-state index contributed by atoms with van der Waals surface area (Å²) >= 11 is 0. The summed E-state index contributed by atoms with van der Waals surface area (Å²) in [5.74, 6) is 0.650. The van der Waals surface area contributed by atoms with Crippen molar-refractivity contribution in [2.75, 3.05) is 0 Å². The van der Waals surface area contributed by atoms with Gasteiger partial charge in [-0.1, -0.05) is 205 Å². The lowest BCUT2D eigenvalue weighted by Gasteiger charge is -2.23. The highest BCUT2D eigenvalue weighted by Gasteiger charge is 2.26. The molecule has 0 radical (unpaired) electrons. The molecule has 0 N–H and O–H groups in total. The van der Waals surface area contributed by atoms with E-state index < -0.39 is 0 Å². The summed E-state index contributed by atoms with van der Waals surface area (Å²) in [4.78, 5) is 10.7. The minimum absolute atomic E-state index is 0.0232. The first-order chi connectivity index (χ1) is 34.0. The molecule has 0 aliphatic carbocycles. The Hall–Kier alpha value is -8.34. The molecule has 12 rings (SSSR count). The van der Waals surface area contributed by atoms with Crippen LogP contribution in [0.3, 0.4) is 0 Å². The number of aromatic nitrogens is 3. The van der Waals surface area contributed by atoms with E-state index in [1.807, 2.05) is 36.4 Å². The van der Waals surface area contributed by atoms with Crippen LogP contribution >= 0.6 is 0 Å². The molecule has 70 heavy (non-hydrogen) atoms. The van der Waals surface area contributed by atoms with Crippen molar-refractivity contribution >= 4 is 43.9 Å². The molecule has 0 fully saturated rings. The Morgan fingerprint density at radius 1 is 0.371 bits per heavy atom. The van der Waals surface area contributed by atoms with Gasteiger partial charge >= 0.3 is 0 Å². The summed E-state index contributed by atoms with van der Waals surface area (Å²) in [6, 6.07) is 76.9. The van der Waals surface area contributed by atoms with E-state index in [-0.39, 0.29) is 10.8 Å². The first-order valence-corrected chi connectivity index (χ1v) is 24.3. The predicted molar refractivity (Wildman–Crippen MR) is 294 cm³/mol. The second kappa shape index (κ2) is 16.7. The molecule has 0 aliphatic rings. The molecule has 0 saturated heterocycles. The maximum absolute atomic E-state index is 6.81. The Kier molecular flexibility index (Phi) is 10.3. The van der Waals surface area contributed by atoms with Gasteiger partial charge < -0.3 is 8.98 Å². The summed E-state index contributed by atoms with van der Waals surface area (Å²) in [7, 11) is 0. The second-order valence-electron chi connectivity index (χ2n) is 20.6. The molecule has 0 atom stereocenters. The minimum atomic E-state index is -0.0232. The average molecular weight is 904 g/mol. The summed E-state index contributed by atoms with van der Waals surface area (Å²) < 4.78 is 9.33. The SMILES string of the molecule is CC(C)(C)c1ccc(-c2cc(-c3nc(-c4ccccc4)nc4c3oc3ccccc34)cc(-c3ccc(C(C)(C)C)cc3)c2-n2c3ccc(-c4ccccc4)cc3c3cc(-c4ccccc4)ccc32)cc1. The van der Waals surface area contributed by atoms with Crippen LogP contribution in [-0.4, -0.2) is 14.5 Å². The van der Waals surface area contributed by atoms with Crippen molar-refractivity contribution < 1.29 is 4.42 Å². The Morgan fingerprint density at radius 2 is 0.814 bits per heavy atom. The zero-order valence-electron chi connectivity index (χ0n) is 40.5. The summed E-state index contributed by atoms with van der Waals surface area (Å²) in [6.07, 6.45) is 0. The third kappa shape index (κ3) is 7.57. The van der Waals surface area contributed by atoms with Crippen LogP contribution in [0.2, 0.25) is 0 Å². The maximum atomic E-state index is 6.81. The predicted octanol–water partition coefficient (Wildman–Crippen LogP) is 18.1. The van der Waals surface area contributed by atoms with Gasteiger partial charge in [0.2, 0.25) is 0 Å². The zero-order chi connectivity index (χ0) is 47.7. The lowest BCUT2D eigenvalue weighted by molar-refractivity contribution is 0.590. The molecule has 12 aromatic rings. The molecule has 3 heterocycles. The fourth-order valence-electron chi connectivity index (χ4n) is 10.1. The second-order valence-corrected chi connectivity index (χ2v) is 20.6. The van der Waals surface area contributed by atoms with Crippen molar-refractivity contribution in [2.45, 2.75) is 52.4 Å². The molecular weight excluding hydrogens is 851 g/mol. The van der Waals surface area contributed by atoms with Gasteiger partial charge in [0.15, 0.2) is 11.4 Å². The van der Waals surface area contributed by atoms with Crippen LogP contribution in [0.1, 0.15) is 52.7 Å². The van der Waals surface area contributed by atoms with Gasteiger partial charge in [-0.3, -0.25) is 0 Å². The molecule has 338 valence electrons. The van der Waals surface area contributed by atoms with E-state index in [0.717, 1.165) is 72.3 Å². The highest BCUT2D eigenvalue weighted by Crippen LogP contribution is 2.47. The average Bonchev–Trinajstić information content (AvgIpc) is 3.93. The number of fused-ring (bicyclic) bond motifs is 6. The summed E-state index contributed by atoms with van der Waals surface area (Å²) in [6.45, 7) is 13.6. The van der Waals surface area contributed by atoms with Gasteiger partial charge in [-0.15, -0.1) is 0 Å². The molecule has 0 saturated carbocycles. The first kappa shape index (κ1) is 43.0. The van der Waals surface area contributed by atoms with Gasteiger partial charge in [0.25, 0.3) is 0 Å². The van der Waals surface area contributed by atoms with Crippen LogP contribution in [0.25, 0.3) is 117 Å². The van der Waals surface area contributed by atoms with E-state index in [4.69, 9.17) is 14.4 Å². The highest BCUT2D eigenvalue weighted by molar-refractivity contribution is 6.13. The zero-order valence-corrected chi connectivity index (χ0v) is 40.5. The third-order valence-corrected chi connectivity index (χ3v) is 14.0. The van der Waals surface area contributed by atoms with Crippen molar-refractivity contribution in [3.8, 4) is 72.8 Å². The van der Waals surface area contributed by atoms with Crippen molar-refractivity contribution in [1.82, 2.24) is 14.5 Å². The fourth-order valence-corrected chi connectivity index (χ4v) is 10.1. The van der Waals surface area contributed by atoms with Gasteiger partial charge in [-0.2, -0.15) is 0 Å². The maximum Gasteiger partial charge on any atom is 0.180 e. The van der Waals surface area contributed by atoms with Crippen LogP contribution in [0.4, 0.5) is 0 Å². The molecule has 0 spiro atoms. The van der Waals surface area contributed by atoms with E-state index in [1.165, 1.54) is 44.2 Å². The number of hydrogen-bond acceptors (Lipinski definition) is 3. The summed E-state index contributed by atoms with van der Waals surface area (Å²) in [5, 5.41) is 3.34. The monoisotopic (exact) mass is 903 g/mol. The van der Waals surface area contributed by atoms with E-state index in [2.05, 4.69) is 222 Å². The standard InChI is InChI=1S/C66H53N3O/c1-65(2,3)50-32-26-44(27-33-50)53-40-49(60-63-61(52-24-16-17-25-59(52)70-63)68-64(67-60)46-22-14-9-15-23-46)41-54(45-28-34-51(35-29-45)66(4,5)6)62(53)69-57-36-30-47(42-18-10-7-11-19-42)38-55(57)56-39-48(31-37-58(56)69)43-20-12-8-13-21-43/h7-41H,1-6H3. The van der Waals surface area contributed by atoms with Crippen LogP contribution in [0.5, 0.6) is 0 Å². The quantitative estimate of drug-likeness (QED) is 0.160. The summed E-state index contributed by atoms with van der Waals surface area (Å²) in [5.41, 5.74) is 19.8. The van der Waals surface area contributed by atoms with Gasteiger partial charge in [-0.25, -0.2) is 9.97 Å². The molecule has 0 unspecified atom stereocenters. The molecule has 0 amide bonds. The normalized spacial score (nSPS) is 12.1. The topological polar surface area (TPSA) is 43.9 Å². The molecular formula is C66H53N3O. The van der Waals surface area contributed by atoms with E-state index >= 15 is 0 Å². The van der Waals surface area contributed by atoms with Crippen molar-refractivity contribution in [1.29, 1.82) is 0 Å². The lowest BCUT2D eigenvalue weighted by Crippen LogP contribution is -2.10. The van der Waals surface area contributed by atoms with E-state index in [9.17, 15) is 0 Å². The van der Waals surface area contributed by atoms with E-state index in [1.54, 1.807) is 0 Å². The van der Waals surface area contributed by atoms with Crippen LogP contribution in [-0.2, 0) is 10.8 Å². The Bertz CT molecular complexity index is 3730. The third-order valence-electron chi connectivity index (χ3n) is 14.0. The van der Waals surface area contributed by atoms with Crippen LogP contribution in [0.15, 0.2) is 217 Å². The van der Waals surface area contributed by atoms with Crippen molar-refractivity contribution in [2.24, 2.45) is 0 Å².